The average molecular weight is 557 g/mol. The third-order valence-electron chi connectivity index (χ3n) is 7.48. The first-order chi connectivity index (χ1) is 21.2. The Balaban J connectivity index is 1.26. The highest BCUT2D eigenvalue weighted by Crippen LogP contribution is 2.33. The van der Waals surface area contributed by atoms with Crippen molar-refractivity contribution in [2.24, 2.45) is 0 Å². The van der Waals surface area contributed by atoms with Crippen LogP contribution in [0.4, 0.5) is 4.39 Å². The maximum atomic E-state index is 14.0. The lowest BCUT2D eigenvalue weighted by Gasteiger charge is -2.11. The van der Waals surface area contributed by atoms with Gasteiger partial charge in [0.15, 0.2) is 5.82 Å². The van der Waals surface area contributed by atoms with Crippen LogP contribution >= 0.6 is 0 Å². The van der Waals surface area contributed by atoms with Gasteiger partial charge in [0.1, 0.15) is 11.4 Å². The van der Waals surface area contributed by atoms with E-state index < -0.39 is 5.95 Å². The van der Waals surface area contributed by atoms with E-state index in [1.54, 1.807) is 18.5 Å². The van der Waals surface area contributed by atoms with Gasteiger partial charge in [0.25, 0.3) is 0 Å². The van der Waals surface area contributed by atoms with Crippen molar-refractivity contribution >= 4 is 32.7 Å². The van der Waals surface area contributed by atoms with Gasteiger partial charge in [-0.15, -0.1) is 0 Å². The predicted octanol–water partition coefficient (Wildman–Crippen LogP) is 8.32. The molecular formula is C36H21FN6. The van der Waals surface area contributed by atoms with E-state index in [-0.39, 0.29) is 0 Å². The normalized spacial score (nSPS) is 11.4. The lowest BCUT2D eigenvalue weighted by molar-refractivity contribution is 0.589. The van der Waals surface area contributed by atoms with Gasteiger partial charge < -0.3 is 0 Å². The van der Waals surface area contributed by atoms with Crippen molar-refractivity contribution in [3.63, 3.8) is 0 Å². The molecule has 0 saturated carbocycles. The van der Waals surface area contributed by atoms with Gasteiger partial charge in [-0.3, -0.25) is 9.97 Å². The highest BCUT2D eigenvalue weighted by Gasteiger charge is 2.15. The molecule has 3 aromatic carbocycles. The summed E-state index contributed by atoms with van der Waals surface area (Å²) in [6, 6.07) is 36.9. The monoisotopic (exact) mass is 556 g/mol. The highest BCUT2D eigenvalue weighted by molar-refractivity contribution is 6.03. The van der Waals surface area contributed by atoms with Crippen LogP contribution in [0.3, 0.4) is 0 Å². The van der Waals surface area contributed by atoms with Gasteiger partial charge in [-0.05, 0) is 71.8 Å². The largest absolute Gasteiger partial charge is 0.255 e. The Bertz CT molecular complexity index is 2310. The summed E-state index contributed by atoms with van der Waals surface area (Å²) < 4.78 is 14.0. The minimum absolute atomic E-state index is 0.522. The summed E-state index contributed by atoms with van der Waals surface area (Å²) in [7, 11) is 0. The molecule has 7 heteroatoms. The summed E-state index contributed by atoms with van der Waals surface area (Å²) in [5, 5.41) is 2.66. The van der Waals surface area contributed by atoms with Crippen LogP contribution in [0.1, 0.15) is 0 Å². The number of aromatic nitrogens is 6. The Labute approximate surface area is 245 Å². The summed E-state index contributed by atoms with van der Waals surface area (Å²) in [6.07, 6.45) is 3.50. The van der Waals surface area contributed by atoms with E-state index in [2.05, 4.69) is 39.2 Å². The molecule has 8 aromatic rings. The molecule has 0 aliphatic rings. The van der Waals surface area contributed by atoms with Crippen molar-refractivity contribution in [1.82, 2.24) is 29.9 Å². The van der Waals surface area contributed by atoms with Crippen LogP contribution in [0.25, 0.3) is 78.0 Å². The standard InChI is InChI=1S/C36H21FN6/c37-32-17-14-23-11-10-22-13-16-28(40-33(22)34(23)42-32)26-7-5-6-24(20-26)25-12-15-27-31(21-25)41-36(30-9-2-4-19-39-30)43-35(27)29-8-1-3-18-38-29/h1-21H. The number of hydrogen-bond acceptors (Lipinski definition) is 6. The van der Waals surface area contributed by atoms with Crippen LogP contribution in [0.5, 0.6) is 0 Å². The third-order valence-corrected chi connectivity index (χ3v) is 7.48. The van der Waals surface area contributed by atoms with Gasteiger partial charge in [0.2, 0.25) is 5.95 Å². The quantitative estimate of drug-likeness (QED) is 0.160. The van der Waals surface area contributed by atoms with Crippen molar-refractivity contribution in [3.8, 4) is 45.3 Å². The van der Waals surface area contributed by atoms with Gasteiger partial charge in [-0.25, -0.2) is 19.9 Å². The van der Waals surface area contributed by atoms with Crippen molar-refractivity contribution in [2.45, 2.75) is 0 Å². The SMILES string of the molecule is Fc1ccc2ccc3ccc(-c4cccc(-c5ccc6c(-c7ccccn7)nc(-c7ccccn7)nc6c5)c4)nc3c2n1. The van der Waals surface area contributed by atoms with Gasteiger partial charge in [-0.2, -0.15) is 4.39 Å². The fourth-order valence-electron chi connectivity index (χ4n) is 5.38. The molecule has 0 aliphatic carbocycles. The molecule has 0 fully saturated rings. The first-order valence-electron chi connectivity index (χ1n) is 13.8. The molecule has 0 spiro atoms. The van der Waals surface area contributed by atoms with E-state index in [9.17, 15) is 4.39 Å². The van der Waals surface area contributed by atoms with Crippen molar-refractivity contribution in [2.75, 3.05) is 0 Å². The molecule has 0 unspecified atom stereocenters. The van der Waals surface area contributed by atoms with Crippen LogP contribution in [-0.4, -0.2) is 29.9 Å². The van der Waals surface area contributed by atoms with E-state index in [1.165, 1.54) is 6.07 Å². The molecule has 0 bridgehead atoms. The maximum absolute atomic E-state index is 14.0. The molecular weight excluding hydrogens is 535 g/mol. The number of halogens is 1. The summed E-state index contributed by atoms with van der Waals surface area (Å²) in [5.41, 5.74) is 7.98. The Kier molecular flexibility index (Phi) is 5.86. The Hall–Kier alpha value is -5.95. The molecule has 0 N–H and O–H groups in total. The number of rotatable bonds is 4. The van der Waals surface area contributed by atoms with Crippen LogP contribution in [-0.2, 0) is 0 Å². The molecule has 202 valence electrons. The van der Waals surface area contributed by atoms with Crippen molar-refractivity contribution in [3.05, 3.63) is 134 Å². The van der Waals surface area contributed by atoms with Crippen LogP contribution in [0, 0.1) is 5.95 Å². The summed E-state index contributed by atoms with van der Waals surface area (Å²) >= 11 is 0. The van der Waals surface area contributed by atoms with Crippen LogP contribution in [0.2, 0.25) is 0 Å². The second kappa shape index (κ2) is 10.2. The molecule has 0 amide bonds. The maximum Gasteiger partial charge on any atom is 0.213 e. The van der Waals surface area contributed by atoms with E-state index in [4.69, 9.17) is 15.0 Å². The van der Waals surface area contributed by atoms with Crippen molar-refractivity contribution < 1.29 is 4.39 Å². The molecule has 0 radical (unpaired) electrons. The smallest absolute Gasteiger partial charge is 0.213 e. The highest BCUT2D eigenvalue weighted by atomic mass is 19.1. The minimum Gasteiger partial charge on any atom is -0.255 e. The lowest BCUT2D eigenvalue weighted by atomic mass is 9.99. The molecule has 8 rings (SSSR count). The van der Waals surface area contributed by atoms with Gasteiger partial charge >= 0.3 is 0 Å². The third kappa shape index (κ3) is 4.53. The van der Waals surface area contributed by atoms with E-state index >= 15 is 0 Å². The van der Waals surface area contributed by atoms with Gasteiger partial charge in [0, 0.05) is 34.1 Å². The number of pyridine rings is 4. The zero-order chi connectivity index (χ0) is 28.8. The number of nitrogens with zero attached hydrogens (tertiary/aromatic N) is 6. The summed E-state index contributed by atoms with van der Waals surface area (Å²) in [4.78, 5) is 27.9. The van der Waals surface area contributed by atoms with E-state index in [1.807, 2.05) is 78.9 Å². The van der Waals surface area contributed by atoms with Crippen LogP contribution in [0.15, 0.2) is 128 Å². The second-order valence-corrected chi connectivity index (χ2v) is 10.2. The second-order valence-electron chi connectivity index (χ2n) is 10.2. The molecule has 5 heterocycles. The number of hydrogen-bond donors (Lipinski definition) is 0. The van der Waals surface area contributed by atoms with Gasteiger partial charge in [0.05, 0.1) is 27.9 Å². The lowest BCUT2D eigenvalue weighted by Crippen LogP contribution is -1.97. The predicted molar refractivity (Wildman–Crippen MR) is 167 cm³/mol. The molecule has 43 heavy (non-hydrogen) atoms. The average Bonchev–Trinajstić information content (AvgIpc) is 3.08. The first-order valence-corrected chi connectivity index (χ1v) is 13.8. The fourth-order valence-corrected chi connectivity index (χ4v) is 5.38. The number of fused-ring (bicyclic) bond motifs is 4. The van der Waals surface area contributed by atoms with Crippen LogP contribution < -0.4 is 0 Å². The zero-order valence-electron chi connectivity index (χ0n) is 22.7. The fraction of sp³-hybridized carbons (Fsp3) is 0. The Morgan fingerprint density at radius 2 is 1.16 bits per heavy atom. The topological polar surface area (TPSA) is 77.3 Å². The summed E-state index contributed by atoms with van der Waals surface area (Å²) in [6.45, 7) is 0. The molecule has 0 atom stereocenters. The van der Waals surface area contributed by atoms with E-state index in [0.717, 1.165) is 55.4 Å². The Morgan fingerprint density at radius 3 is 1.95 bits per heavy atom. The minimum atomic E-state index is -0.522. The molecule has 0 saturated heterocycles. The van der Waals surface area contributed by atoms with E-state index in [0.29, 0.717) is 22.6 Å². The Morgan fingerprint density at radius 1 is 0.465 bits per heavy atom. The van der Waals surface area contributed by atoms with Crippen molar-refractivity contribution in [1.29, 1.82) is 0 Å². The molecule has 0 aliphatic heterocycles. The molecule has 6 nitrogen and oxygen atoms in total. The van der Waals surface area contributed by atoms with Gasteiger partial charge in [-0.1, -0.05) is 54.6 Å². The summed E-state index contributed by atoms with van der Waals surface area (Å²) in [5.74, 6) is 0.0176. The molecule has 5 aromatic heterocycles. The first kappa shape index (κ1) is 24.8. The number of benzene rings is 3. The zero-order valence-corrected chi connectivity index (χ0v) is 22.7.